The Kier molecular flexibility index (Phi) is 5.49. The molecule has 1 aliphatic rings. The highest BCUT2D eigenvalue weighted by Crippen LogP contribution is 2.28. The van der Waals surface area contributed by atoms with Crippen LogP contribution < -0.4 is 0 Å². The predicted octanol–water partition coefficient (Wildman–Crippen LogP) is 2.06. The van der Waals surface area contributed by atoms with E-state index in [9.17, 15) is 18.5 Å². The van der Waals surface area contributed by atoms with Crippen LogP contribution in [0.1, 0.15) is 0 Å². The lowest BCUT2D eigenvalue weighted by Gasteiger charge is -2.33. The maximum atomic E-state index is 12.8. The van der Waals surface area contributed by atoms with Crippen molar-refractivity contribution >= 4 is 38.9 Å². The van der Waals surface area contributed by atoms with E-state index < -0.39 is 14.9 Å². The molecule has 0 radical (unpaired) electrons. The lowest BCUT2D eigenvalue weighted by molar-refractivity contribution is -0.385. The van der Waals surface area contributed by atoms with E-state index in [1.165, 1.54) is 39.6 Å². The Labute approximate surface area is 159 Å². The molecule has 0 N–H and O–H groups in total. The van der Waals surface area contributed by atoms with Crippen molar-refractivity contribution in [3.05, 3.63) is 50.8 Å². The van der Waals surface area contributed by atoms with Gasteiger partial charge >= 0.3 is 5.69 Å². The largest absolute Gasteiger partial charge is 0.307 e. The van der Waals surface area contributed by atoms with Crippen molar-refractivity contribution < 1.29 is 13.3 Å². The zero-order valence-corrected chi connectivity index (χ0v) is 15.8. The molecule has 1 aliphatic heterocycles. The zero-order valence-electron chi connectivity index (χ0n) is 13.5. The highest BCUT2D eigenvalue weighted by molar-refractivity contribution is 7.89. The quantitative estimate of drug-likeness (QED) is 0.542. The van der Waals surface area contributed by atoms with Gasteiger partial charge in [0.25, 0.3) is 0 Å². The molecule has 26 heavy (non-hydrogen) atoms. The number of nitro groups is 1. The summed E-state index contributed by atoms with van der Waals surface area (Å²) >= 11 is 11.9. The van der Waals surface area contributed by atoms with E-state index in [-0.39, 0.29) is 28.7 Å². The van der Waals surface area contributed by atoms with Crippen molar-refractivity contribution in [1.29, 1.82) is 0 Å². The number of benzene rings is 1. The number of rotatable bonds is 5. The van der Waals surface area contributed by atoms with Crippen molar-refractivity contribution in [3.8, 4) is 0 Å². The Bertz CT molecular complexity index is 925. The van der Waals surface area contributed by atoms with Gasteiger partial charge < -0.3 is 0 Å². The maximum absolute atomic E-state index is 12.8. The highest BCUT2D eigenvalue weighted by atomic mass is 35.5. The average Bonchev–Trinajstić information content (AvgIpc) is 3.06. The number of sulfonamides is 1. The van der Waals surface area contributed by atoms with Gasteiger partial charge in [0.2, 0.25) is 10.0 Å². The third-order valence-corrected chi connectivity index (χ3v) is 6.63. The van der Waals surface area contributed by atoms with Crippen molar-refractivity contribution in [2.75, 3.05) is 26.2 Å². The van der Waals surface area contributed by atoms with Crippen LogP contribution in [0.4, 0.5) is 5.69 Å². The number of aromatic nitrogens is 2. The number of piperazine rings is 1. The molecule has 0 aliphatic carbocycles. The summed E-state index contributed by atoms with van der Waals surface area (Å²) in [5.41, 5.74) is -0.0817. The molecule has 140 valence electrons. The fourth-order valence-electron chi connectivity index (χ4n) is 2.65. The van der Waals surface area contributed by atoms with Gasteiger partial charge in [-0.05, 0) is 18.2 Å². The molecule has 9 nitrogen and oxygen atoms in total. The molecule has 0 atom stereocenters. The molecule has 0 unspecified atom stereocenters. The lowest BCUT2D eigenvalue weighted by Crippen LogP contribution is -2.48. The molecule has 3 rings (SSSR count). The molecule has 1 fully saturated rings. The fourth-order valence-corrected chi connectivity index (χ4v) is 4.81. The number of halogens is 2. The number of nitrogens with zero attached hydrogens (tertiary/aromatic N) is 5. The Morgan fingerprint density at radius 2 is 1.88 bits per heavy atom. The Hall–Kier alpha value is -1.72. The molecule has 0 saturated carbocycles. The molecule has 2 aromatic rings. The first kappa shape index (κ1) is 19.1. The van der Waals surface area contributed by atoms with Crippen LogP contribution in [0.2, 0.25) is 10.0 Å². The summed E-state index contributed by atoms with van der Waals surface area (Å²) in [5.74, 6) is 0. The van der Waals surface area contributed by atoms with Crippen LogP contribution >= 0.6 is 23.2 Å². The van der Waals surface area contributed by atoms with Crippen LogP contribution in [-0.2, 0) is 16.7 Å². The molecule has 1 aromatic carbocycles. The topological polar surface area (TPSA) is 102 Å². The maximum Gasteiger partial charge on any atom is 0.307 e. The van der Waals surface area contributed by atoms with Crippen LogP contribution in [0, 0.1) is 10.1 Å². The van der Waals surface area contributed by atoms with Gasteiger partial charge in [0, 0.05) is 31.2 Å². The average molecular weight is 420 g/mol. The molecule has 0 spiro atoms. The summed E-state index contributed by atoms with van der Waals surface area (Å²) in [5, 5.41) is 15.1. The summed E-state index contributed by atoms with van der Waals surface area (Å²) in [7, 11) is -3.74. The van der Waals surface area contributed by atoms with Crippen LogP contribution in [0.3, 0.4) is 0 Å². The van der Waals surface area contributed by atoms with Gasteiger partial charge in [-0.25, -0.2) is 8.42 Å². The zero-order chi connectivity index (χ0) is 18.9. The fraction of sp³-hybridized carbons (Fsp3) is 0.357. The third-order valence-electron chi connectivity index (χ3n) is 4.02. The van der Waals surface area contributed by atoms with Gasteiger partial charge in [0.1, 0.15) is 17.3 Å². The molecule has 0 amide bonds. The van der Waals surface area contributed by atoms with E-state index in [0.717, 1.165) is 0 Å². The van der Waals surface area contributed by atoms with E-state index in [2.05, 4.69) is 5.10 Å². The first-order valence-corrected chi connectivity index (χ1v) is 9.81. The SMILES string of the molecule is O=[N+]([O-])c1cnn(CN2CCN(S(=O)(=O)c3cc(Cl)ccc3Cl)CC2)c1. The van der Waals surface area contributed by atoms with E-state index in [1.807, 2.05) is 4.90 Å². The summed E-state index contributed by atoms with van der Waals surface area (Å²) in [6.45, 7) is 1.82. The first-order valence-electron chi connectivity index (χ1n) is 7.62. The van der Waals surface area contributed by atoms with Gasteiger partial charge in [0.15, 0.2) is 0 Å². The van der Waals surface area contributed by atoms with Crippen LogP contribution in [0.25, 0.3) is 0 Å². The van der Waals surface area contributed by atoms with Crippen molar-refractivity contribution in [2.45, 2.75) is 11.6 Å². The second kappa shape index (κ2) is 7.49. The van der Waals surface area contributed by atoms with Crippen LogP contribution in [-0.4, -0.2) is 58.5 Å². The van der Waals surface area contributed by atoms with E-state index in [1.54, 1.807) is 0 Å². The minimum absolute atomic E-state index is 0.0113. The minimum atomic E-state index is -3.74. The smallest absolute Gasteiger partial charge is 0.282 e. The third kappa shape index (κ3) is 3.99. The van der Waals surface area contributed by atoms with Crippen molar-refractivity contribution in [2.24, 2.45) is 0 Å². The van der Waals surface area contributed by atoms with Gasteiger partial charge in [-0.3, -0.25) is 19.7 Å². The molecule has 0 bridgehead atoms. The normalized spacial score (nSPS) is 16.7. The molecule has 1 saturated heterocycles. The molecule has 12 heteroatoms. The monoisotopic (exact) mass is 419 g/mol. The minimum Gasteiger partial charge on any atom is -0.282 e. The Morgan fingerprint density at radius 3 is 2.50 bits per heavy atom. The van der Waals surface area contributed by atoms with Crippen LogP contribution in [0.5, 0.6) is 0 Å². The predicted molar refractivity (Wildman–Crippen MR) is 95.7 cm³/mol. The molecule has 1 aromatic heterocycles. The second-order valence-corrected chi connectivity index (χ2v) is 8.48. The van der Waals surface area contributed by atoms with Gasteiger partial charge in [-0.1, -0.05) is 23.2 Å². The summed E-state index contributed by atoms with van der Waals surface area (Å²) in [6.07, 6.45) is 2.52. The number of hydrogen-bond acceptors (Lipinski definition) is 6. The Balaban J connectivity index is 1.65. The molecular formula is C14H15Cl2N5O4S. The summed E-state index contributed by atoms with van der Waals surface area (Å²) < 4.78 is 28.4. The van der Waals surface area contributed by atoms with Crippen molar-refractivity contribution in [1.82, 2.24) is 19.0 Å². The van der Waals surface area contributed by atoms with Gasteiger partial charge in [-0.15, -0.1) is 0 Å². The molecule has 2 heterocycles. The van der Waals surface area contributed by atoms with Crippen LogP contribution in [0.15, 0.2) is 35.5 Å². The Morgan fingerprint density at radius 1 is 1.19 bits per heavy atom. The van der Waals surface area contributed by atoms with E-state index in [4.69, 9.17) is 23.2 Å². The first-order chi connectivity index (χ1) is 12.3. The standard InChI is InChI=1S/C14H15Cl2N5O4S/c15-11-1-2-13(16)14(7-11)26(24,25)20-5-3-18(4-6-20)10-19-9-12(8-17-19)21(22)23/h1-2,7-9H,3-6,10H2. The second-order valence-electron chi connectivity index (χ2n) is 5.73. The highest BCUT2D eigenvalue weighted by Gasteiger charge is 2.30. The van der Waals surface area contributed by atoms with Gasteiger partial charge in [0.05, 0.1) is 16.6 Å². The lowest BCUT2D eigenvalue weighted by atomic mass is 10.4. The summed E-state index contributed by atoms with van der Waals surface area (Å²) in [4.78, 5) is 12.1. The van der Waals surface area contributed by atoms with E-state index in [0.29, 0.717) is 24.8 Å². The number of hydrogen-bond donors (Lipinski definition) is 0. The summed E-state index contributed by atoms with van der Waals surface area (Å²) in [6, 6.07) is 4.33. The van der Waals surface area contributed by atoms with Gasteiger partial charge in [-0.2, -0.15) is 9.40 Å². The van der Waals surface area contributed by atoms with Crippen molar-refractivity contribution in [3.63, 3.8) is 0 Å². The molecular weight excluding hydrogens is 405 g/mol. The van der Waals surface area contributed by atoms with E-state index >= 15 is 0 Å².